The van der Waals surface area contributed by atoms with E-state index in [-0.39, 0.29) is 30.2 Å². The molecule has 4 aliphatic rings. The van der Waals surface area contributed by atoms with Gasteiger partial charge in [0.2, 0.25) is 0 Å². The van der Waals surface area contributed by atoms with Crippen LogP contribution in [0.1, 0.15) is 47.9 Å². The van der Waals surface area contributed by atoms with Gasteiger partial charge >= 0.3 is 24.1 Å². The molecule has 2 aromatic carbocycles. The van der Waals surface area contributed by atoms with Crippen LogP contribution in [0.15, 0.2) is 36.4 Å². The van der Waals surface area contributed by atoms with Crippen LogP contribution >= 0.6 is 0 Å². The quantitative estimate of drug-likeness (QED) is 0.214. The molecule has 6 N–H and O–H groups in total. The third kappa shape index (κ3) is 10.7. The van der Waals surface area contributed by atoms with E-state index < -0.39 is 36.3 Å². The monoisotopic (exact) mass is 783 g/mol. The van der Waals surface area contributed by atoms with E-state index in [1.807, 2.05) is 60.0 Å². The summed E-state index contributed by atoms with van der Waals surface area (Å²) in [5.41, 5.74) is 4.27. The highest BCUT2D eigenvalue weighted by Gasteiger charge is 2.36. The average molecular weight is 784 g/mol. The van der Waals surface area contributed by atoms with Crippen LogP contribution in [0, 0.1) is 13.8 Å². The van der Waals surface area contributed by atoms with Crippen LogP contribution in [0.4, 0.5) is 15.3 Å². The number of likely N-dealkylation sites (tertiary alicyclic amines) is 2. The molecule has 0 saturated carbocycles. The Bertz CT molecular complexity index is 1680. The van der Waals surface area contributed by atoms with Crippen molar-refractivity contribution < 1.29 is 59.0 Å². The van der Waals surface area contributed by atoms with Crippen LogP contribution in [-0.2, 0) is 36.7 Å². The van der Waals surface area contributed by atoms with Crippen molar-refractivity contribution in [1.29, 1.82) is 0 Å². The predicted octanol–water partition coefficient (Wildman–Crippen LogP) is 1.81. The lowest BCUT2D eigenvalue weighted by atomic mass is 9.99. The summed E-state index contributed by atoms with van der Waals surface area (Å²) in [7, 11) is 0. The fraction of sp³-hybridized carbons (Fsp3) is 0.564. The number of carbonyl (C=O) groups is 5. The van der Waals surface area contributed by atoms with E-state index in [2.05, 4.69) is 10.2 Å². The second kappa shape index (κ2) is 19.3. The zero-order valence-electron chi connectivity index (χ0n) is 31.8. The third-order valence-corrected chi connectivity index (χ3v) is 10.9. The van der Waals surface area contributed by atoms with Gasteiger partial charge in [-0.2, -0.15) is 0 Å². The van der Waals surface area contributed by atoms with Crippen molar-refractivity contribution in [3.8, 4) is 5.75 Å². The van der Waals surface area contributed by atoms with E-state index in [9.17, 15) is 29.1 Å². The molecule has 0 bridgehead atoms. The predicted molar refractivity (Wildman–Crippen MR) is 201 cm³/mol. The molecule has 0 radical (unpaired) electrons. The van der Waals surface area contributed by atoms with E-state index in [1.165, 1.54) is 0 Å². The van der Waals surface area contributed by atoms with Crippen molar-refractivity contribution in [3.05, 3.63) is 58.7 Å². The number of phenolic OH excluding ortho intramolecular Hbond substituents is 1. The number of urea groups is 1. The molecule has 0 spiro atoms. The molecule has 3 fully saturated rings. The van der Waals surface area contributed by atoms with E-state index in [0.717, 1.165) is 73.5 Å². The molecule has 2 aromatic rings. The van der Waals surface area contributed by atoms with Crippen LogP contribution in [-0.4, -0.2) is 165 Å². The lowest BCUT2D eigenvalue weighted by Crippen LogP contribution is -2.53. The van der Waals surface area contributed by atoms with Gasteiger partial charge in [-0.05, 0) is 74.3 Å². The van der Waals surface area contributed by atoms with Crippen LogP contribution < -0.4 is 5.32 Å². The van der Waals surface area contributed by atoms with Gasteiger partial charge in [-0.1, -0.05) is 30.3 Å². The fourth-order valence-electron chi connectivity index (χ4n) is 7.72. The summed E-state index contributed by atoms with van der Waals surface area (Å²) in [6.45, 7) is 9.77. The van der Waals surface area contributed by atoms with Crippen molar-refractivity contribution in [1.82, 2.24) is 19.6 Å². The summed E-state index contributed by atoms with van der Waals surface area (Å²) < 4.78 is 11.6. The standard InChI is InChI=1S/C35H47N5O6.C4H6O6/c1-24-21-26(22-25(2)32(24)41)23-31(33(42)38-12-8-28(9-13-38)37-17-19-45-20-18-37)46-35(44)39-14-10-29(11-15-39)40-16-7-27-5-3-4-6-30(27)36-34(40)43;5-1(3(7)8)2(6)4(9)10/h3-6,21-22,28-29,31,41H,7-20,23H2,1-2H3,(H,36,43);1-2,5-6H,(H,7,8)(H,9,10)/t31-;1-,2-/m10/s1. The van der Waals surface area contributed by atoms with Gasteiger partial charge in [0.15, 0.2) is 18.3 Å². The highest BCUT2D eigenvalue weighted by atomic mass is 16.6. The summed E-state index contributed by atoms with van der Waals surface area (Å²) in [6, 6.07) is 11.9. The zero-order chi connectivity index (χ0) is 40.5. The minimum Gasteiger partial charge on any atom is -0.507 e. The molecule has 6 rings (SSSR count). The van der Waals surface area contributed by atoms with Crippen molar-refractivity contribution >= 4 is 35.7 Å². The highest BCUT2D eigenvalue weighted by molar-refractivity contribution is 5.91. The lowest BCUT2D eigenvalue weighted by Gasteiger charge is -2.41. The Morgan fingerprint density at radius 2 is 1.38 bits per heavy atom. The Morgan fingerprint density at radius 3 is 1.96 bits per heavy atom. The first-order valence-electron chi connectivity index (χ1n) is 19.1. The number of aromatic hydroxyl groups is 1. The van der Waals surface area contributed by atoms with Crippen molar-refractivity contribution in [2.45, 2.75) is 82.8 Å². The van der Waals surface area contributed by atoms with Gasteiger partial charge in [-0.3, -0.25) is 9.69 Å². The van der Waals surface area contributed by atoms with Gasteiger partial charge in [0, 0.05) is 70.0 Å². The molecule has 56 heavy (non-hydrogen) atoms. The summed E-state index contributed by atoms with van der Waals surface area (Å²) in [5.74, 6) is -3.48. The number of aryl methyl sites for hydroxylation is 2. The molecule has 4 aliphatic heterocycles. The maximum absolute atomic E-state index is 14.0. The molecule has 4 heterocycles. The van der Waals surface area contributed by atoms with E-state index >= 15 is 0 Å². The fourth-order valence-corrected chi connectivity index (χ4v) is 7.72. The number of aliphatic hydroxyl groups is 2. The number of rotatable bonds is 9. The number of para-hydroxylation sites is 1. The Balaban J connectivity index is 0.000000530. The Labute approximate surface area is 325 Å². The van der Waals surface area contributed by atoms with Crippen LogP contribution in [0.3, 0.4) is 0 Å². The number of anilines is 1. The largest absolute Gasteiger partial charge is 0.507 e. The molecule has 4 amide bonds. The van der Waals surface area contributed by atoms with Gasteiger partial charge in [-0.25, -0.2) is 19.2 Å². The second-order valence-corrected chi connectivity index (χ2v) is 14.7. The number of benzene rings is 2. The van der Waals surface area contributed by atoms with Crippen LogP contribution in [0.5, 0.6) is 5.75 Å². The van der Waals surface area contributed by atoms with E-state index in [1.54, 1.807) is 4.90 Å². The van der Waals surface area contributed by atoms with Gasteiger partial charge in [0.05, 0.1) is 13.2 Å². The Morgan fingerprint density at radius 1 is 0.821 bits per heavy atom. The zero-order valence-corrected chi connectivity index (χ0v) is 31.8. The van der Waals surface area contributed by atoms with E-state index in [4.69, 9.17) is 29.9 Å². The molecule has 0 aliphatic carbocycles. The van der Waals surface area contributed by atoms with Crippen molar-refractivity contribution in [2.75, 3.05) is 64.3 Å². The number of aliphatic hydroxyl groups excluding tert-OH is 2. The summed E-state index contributed by atoms with van der Waals surface area (Å²) in [6.07, 6.45) is -1.94. The van der Waals surface area contributed by atoms with Crippen molar-refractivity contribution in [2.24, 2.45) is 0 Å². The summed E-state index contributed by atoms with van der Waals surface area (Å²) in [5, 5.41) is 45.9. The first-order chi connectivity index (χ1) is 26.7. The molecule has 0 aromatic heterocycles. The van der Waals surface area contributed by atoms with Gasteiger partial charge in [-0.15, -0.1) is 0 Å². The number of amides is 4. The number of phenols is 1. The van der Waals surface area contributed by atoms with Crippen molar-refractivity contribution in [3.63, 3.8) is 0 Å². The SMILES string of the molecule is Cc1cc(C[C@@H](OC(=O)N2CCC(N3CCc4ccccc4NC3=O)CC2)C(=O)N2CCC(N3CCOCC3)CC2)cc(C)c1O.O=C(O)[C@@H](O)[C@H](O)C(=O)O. The summed E-state index contributed by atoms with van der Waals surface area (Å²) >= 11 is 0. The molecule has 17 heteroatoms. The number of morpholine rings is 1. The number of fused-ring (bicyclic) bond motifs is 1. The molecule has 3 saturated heterocycles. The normalized spacial score (nSPS) is 20.0. The number of hydrogen-bond donors (Lipinski definition) is 6. The number of hydrogen-bond acceptors (Lipinski definition) is 11. The van der Waals surface area contributed by atoms with Crippen LogP contribution in [0.25, 0.3) is 0 Å². The number of nitrogens with one attached hydrogen (secondary N) is 1. The number of ether oxygens (including phenoxy) is 2. The lowest BCUT2D eigenvalue weighted by molar-refractivity contribution is -0.165. The summed E-state index contributed by atoms with van der Waals surface area (Å²) in [4.78, 5) is 68.0. The minimum atomic E-state index is -2.27. The average Bonchev–Trinajstić information content (AvgIpc) is 3.37. The minimum absolute atomic E-state index is 0.0199. The molecule has 0 unspecified atom stereocenters. The third-order valence-electron chi connectivity index (χ3n) is 10.9. The van der Waals surface area contributed by atoms with Gasteiger partial charge in [0.1, 0.15) is 5.75 Å². The first-order valence-corrected chi connectivity index (χ1v) is 19.1. The number of carboxylic acids is 2. The highest BCUT2D eigenvalue weighted by Crippen LogP contribution is 2.27. The van der Waals surface area contributed by atoms with E-state index in [0.29, 0.717) is 51.6 Å². The first kappa shape index (κ1) is 42.2. The topological polar surface area (TPSA) is 230 Å². The Kier molecular flexibility index (Phi) is 14.5. The molecule has 3 atom stereocenters. The second-order valence-electron chi connectivity index (χ2n) is 14.7. The number of carbonyl (C=O) groups excluding carboxylic acids is 3. The maximum atomic E-state index is 14.0. The van der Waals surface area contributed by atoms with Gasteiger partial charge in [0.25, 0.3) is 5.91 Å². The number of nitrogens with zero attached hydrogens (tertiary/aromatic N) is 4. The molecule has 306 valence electrons. The smallest absolute Gasteiger partial charge is 0.410 e. The Hall–Kier alpha value is -4.97. The van der Waals surface area contributed by atoms with Crippen LogP contribution in [0.2, 0.25) is 0 Å². The molecular formula is C39H53N5O12. The number of carboxylic acid groups (broad SMARTS) is 2. The number of aliphatic carboxylic acids is 2. The van der Waals surface area contributed by atoms with Gasteiger partial charge < -0.3 is 55.0 Å². The maximum Gasteiger partial charge on any atom is 0.410 e. The molecular weight excluding hydrogens is 730 g/mol. The number of piperidine rings is 2. The molecule has 17 nitrogen and oxygen atoms in total.